The van der Waals surface area contributed by atoms with Gasteiger partial charge in [0, 0.05) is 23.0 Å². The van der Waals surface area contributed by atoms with Crippen molar-refractivity contribution in [3.8, 4) is 0 Å². The van der Waals surface area contributed by atoms with Crippen LogP contribution in [0.4, 0.5) is 5.69 Å². The predicted molar refractivity (Wildman–Crippen MR) is 104 cm³/mol. The van der Waals surface area contributed by atoms with Crippen molar-refractivity contribution in [2.45, 2.75) is 49.4 Å². The molecule has 1 saturated carbocycles. The summed E-state index contributed by atoms with van der Waals surface area (Å²) in [6.45, 7) is 4.57. The Kier molecular flexibility index (Phi) is 4.49. The van der Waals surface area contributed by atoms with E-state index < -0.39 is 0 Å². The number of carbonyl (C=O) groups excluding carboxylic acids is 2. The first-order chi connectivity index (χ1) is 12.5. The Labute approximate surface area is 158 Å². The summed E-state index contributed by atoms with van der Waals surface area (Å²) in [5.41, 5.74) is 3.75. The number of hydrogen-bond acceptors (Lipinski definition) is 3. The van der Waals surface area contributed by atoms with Crippen LogP contribution in [0.1, 0.15) is 41.3 Å². The van der Waals surface area contributed by atoms with Crippen molar-refractivity contribution >= 4 is 29.3 Å². The molecule has 2 aromatic carbocycles. The van der Waals surface area contributed by atoms with Crippen molar-refractivity contribution in [3.05, 3.63) is 59.2 Å². The molecule has 4 rings (SSSR count). The fourth-order valence-electron chi connectivity index (χ4n) is 3.15. The molecule has 0 aromatic heterocycles. The molecule has 1 N–H and O–H groups in total. The zero-order chi connectivity index (χ0) is 18.3. The van der Waals surface area contributed by atoms with Crippen molar-refractivity contribution in [1.29, 1.82) is 0 Å². The lowest BCUT2D eigenvalue weighted by atomic mass is 10.1. The third-order valence-electron chi connectivity index (χ3n) is 4.88. The quantitative estimate of drug-likeness (QED) is 0.881. The summed E-state index contributed by atoms with van der Waals surface area (Å²) < 4.78 is 0. The summed E-state index contributed by atoms with van der Waals surface area (Å²) in [6.07, 6.45) is 2.12. The van der Waals surface area contributed by atoms with Gasteiger partial charge in [-0.15, -0.1) is 11.8 Å². The maximum atomic E-state index is 13.1. The van der Waals surface area contributed by atoms with Gasteiger partial charge < -0.3 is 10.2 Å². The topological polar surface area (TPSA) is 49.4 Å². The molecule has 2 amide bonds. The number of nitrogens with zero attached hydrogens (tertiary/aromatic N) is 1. The molecule has 4 nitrogen and oxygen atoms in total. The van der Waals surface area contributed by atoms with Crippen molar-refractivity contribution < 1.29 is 9.59 Å². The molecule has 0 bridgehead atoms. The number of hydrogen-bond donors (Lipinski definition) is 1. The minimum absolute atomic E-state index is 0.00852. The number of benzene rings is 2. The van der Waals surface area contributed by atoms with Crippen LogP contribution in [0.3, 0.4) is 0 Å². The highest BCUT2D eigenvalue weighted by Crippen LogP contribution is 2.37. The van der Waals surface area contributed by atoms with E-state index in [-0.39, 0.29) is 17.1 Å². The van der Waals surface area contributed by atoms with Crippen LogP contribution in [0.2, 0.25) is 0 Å². The molecule has 1 atom stereocenters. The Morgan fingerprint density at radius 2 is 1.92 bits per heavy atom. The van der Waals surface area contributed by atoms with E-state index in [1.54, 1.807) is 0 Å². The first-order valence-electron chi connectivity index (χ1n) is 8.99. The number of carbonyl (C=O) groups is 2. The molecule has 1 fully saturated rings. The first kappa shape index (κ1) is 17.2. The number of amides is 2. The maximum absolute atomic E-state index is 13.1. The van der Waals surface area contributed by atoms with Crippen LogP contribution < -0.4 is 5.32 Å². The Morgan fingerprint density at radius 3 is 2.62 bits per heavy atom. The lowest BCUT2D eigenvalue weighted by molar-refractivity contribution is -0.115. The van der Waals surface area contributed by atoms with Crippen molar-refractivity contribution in [2.75, 3.05) is 5.32 Å². The summed E-state index contributed by atoms with van der Waals surface area (Å²) in [5, 5.41) is 2.81. The molecule has 26 heavy (non-hydrogen) atoms. The van der Waals surface area contributed by atoms with Gasteiger partial charge in [-0.3, -0.25) is 9.59 Å². The van der Waals surface area contributed by atoms with E-state index in [9.17, 15) is 9.59 Å². The van der Waals surface area contributed by atoms with Gasteiger partial charge in [0.15, 0.2) is 0 Å². The number of anilines is 1. The number of nitrogens with one attached hydrogen (secondary N) is 1. The fraction of sp³-hybridized carbons (Fsp3) is 0.333. The molecule has 1 heterocycles. The molecule has 2 aromatic rings. The largest absolute Gasteiger partial charge is 0.331 e. The van der Waals surface area contributed by atoms with Crippen LogP contribution in [0.5, 0.6) is 0 Å². The molecule has 0 spiro atoms. The Bertz CT molecular complexity index is 859. The number of fused-ring (bicyclic) bond motifs is 1. The molecule has 5 heteroatoms. The minimum atomic E-state index is -0.103. The van der Waals surface area contributed by atoms with Crippen LogP contribution in [0.15, 0.2) is 47.4 Å². The average Bonchev–Trinajstić information content (AvgIpc) is 3.46. The van der Waals surface area contributed by atoms with Gasteiger partial charge in [-0.25, -0.2) is 0 Å². The number of thioether (sulfide) groups is 1. The average molecular weight is 366 g/mol. The lowest BCUT2D eigenvalue weighted by Crippen LogP contribution is -2.33. The van der Waals surface area contributed by atoms with E-state index in [1.165, 1.54) is 17.3 Å². The van der Waals surface area contributed by atoms with E-state index in [4.69, 9.17) is 0 Å². The predicted octanol–water partition coefficient (Wildman–Crippen LogP) is 4.23. The van der Waals surface area contributed by atoms with E-state index in [0.29, 0.717) is 18.2 Å². The van der Waals surface area contributed by atoms with Gasteiger partial charge in [0.1, 0.15) is 0 Å². The standard InChI is InChI=1S/C21H22N2O2S/c1-13-3-5-15(6-4-13)12-23(17-8-9-17)21(25)16-7-10-19-18(11-16)22-20(24)14(2)26-19/h3-7,10-11,14,17H,8-9,12H2,1-2H3,(H,22,24). The minimum Gasteiger partial charge on any atom is -0.331 e. The van der Waals surface area contributed by atoms with Crippen LogP contribution >= 0.6 is 11.8 Å². The normalized spacial score (nSPS) is 18.8. The molecule has 1 aliphatic heterocycles. The van der Waals surface area contributed by atoms with Crippen LogP contribution in [-0.2, 0) is 11.3 Å². The SMILES string of the molecule is Cc1ccc(CN(C(=O)c2ccc3c(c2)NC(=O)C(C)S3)C2CC2)cc1. The van der Waals surface area contributed by atoms with E-state index in [2.05, 4.69) is 36.5 Å². The molecule has 0 radical (unpaired) electrons. The fourth-order valence-corrected chi connectivity index (χ4v) is 4.08. The van der Waals surface area contributed by atoms with Gasteiger partial charge in [0.25, 0.3) is 5.91 Å². The maximum Gasteiger partial charge on any atom is 0.254 e. The van der Waals surface area contributed by atoms with E-state index in [0.717, 1.165) is 29.0 Å². The molecule has 0 saturated heterocycles. The van der Waals surface area contributed by atoms with Gasteiger partial charge in [0.05, 0.1) is 10.9 Å². The third-order valence-corrected chi connectivity index (χ3v) is 6.06. The summed E-state index contributed by atoms with van der Waals surface area (Å²) >= 11 is 1.53. The van der Waals surface area contributed by atoms with Crippen LogP contribution in [0.25, 0.3) is 0 Å². The third kappa shape index (κ3) is 3.49. The second-order valence-corrected chi connectivity index (χ2v) is 8.49. The van der Waals surface area contributed by atoms with Crippen LogP contribution in [0, 0.1) is 6.92 Å². The van der Waals surface area contributed by atoms with Gasteiger partial charge in [-0.05, 0) is 50.5 Å². The van der Waals surface area contributed by atoms with Gasteiger partial charge >= 0.3 is 0 Å². The van der Waals surface area contributed by atoms with E-state index >= 15 is 0 Å². The number of aryl methyl sites for hydroxylation is 1. The summed E-state index contributed by atoms with van der Waals surface area (Å²) in [4.78, 5) is 28.1. The summed E-state index contributed by atoms with van der Waals surface area (Å²) in [6, 6.07) is 14.3. The zero-order valence-corrected chi connectivity index (χ0v) is 15.8. The Hall–Kier alpha value is -2.27. The highest BCUT2D eigenvalue weighted by atomic mass is 32.2. The first-order valence-corrected chi connectivity index (χ1v) is 9.87. The molecule has 1 aliphatic carbocycles. The van der Waals surface area contributed by atoms with Crippen molar-refractivity contribution in [2.24, 2.45) is 0 Å². The summed E-state index contributed by atoms with van der Waals surface area (Å²) in [7, 11) is 0. The molecular weight excluding hydrogens is 344 g/mol. The van der Waals surface area contributed by atoms with Gasteiger partial charge in [-0.1, -0.05) is 29.8 Å². The Balaban J connectivity index is 1.57. The highest BCUT2D eigenvalue weighted by Gasteiger charge is 2.33. The molecule has 1 unspecified atom stereocenters. The van der Waals surface area contributed by atoms with Gasteiger partial charge in [0.2, 0.25) is 5.91 Å². The summed E-state index contributed by atoms with van der Waals surface area (Å²) in [5.74, 6) is 0.0274. The second-order valence-electron chi connectivity index (χ2n) is 7.11. The van der Waals surface area contributed by atoms with E-state index in [1.807, 2.05) is 30.0 Å². The smallest absolute Gasteiger partial charge is 0.254 e. The zero-order valence-electron chi connectivity index (χ0n) is 15.0. The monoisotopic (exact) mass is 366 g/mol. The van der Waals surface area contributed by atoms with Crippen LogP contribution in [-0.4, -0.2) is 28.0 Å². The second kappa shape index (κ2) is 6.80. The molecule has 2 aliphatic rings. The van der Waals surface area contributed by atoms with Crippen molar-refractivity contribution in [3.63, 3.8) is 0 Å². The van der Waals surface area contributed by atoms with Gasteiger partial charge in [-0.2, -0.15) is 0 Å². The highest BCUT2D eigenvalue weighted by molar-refractivity contribution is 8.00. The van der Waals surface area contributed by atoms with Crippen molar-refractivity contribution in [1.82, 2.24) is 4.90 Å². The Morgan fingerprint density at radius 1 is 1.19 bits per heavy atom. The number of rotatable bonds is 4. The lowest BCUT2D eigenvalue weighted by Gasteiger charge is -2.25. The molecule has 134 valence electrons. The molecular formula is C21H22N2O2S.